The number of hydrogen-bond acceptors (Lipinski definition) is 6. The van der Waals surface area contributed by atoms with Gasteiger partial charge in [-0.15, -0.1) is 11.3 Å². The number of benzene rings is 1. The molecule has 2 heterocycles. The van der Waals surface area contributed by atoms with E-state index in [1.165, 1.54) is 11.3 Å². The van der Waals surface area contributed by atoms with E-state index in [2.05, 4.69) is 4.90 Å². The Labute approximate surface area is 162 Å². The van der Waals surface area contributed by atoms with Gasteiger partial charge in [0, 0.05) is 25.1 Å². The van der Waals surface area contributed by atoms with Crippen molar-refractivity contribution in [2.45, 2.75) is 31.8 Å². The van der Waals surface area contributed by atoms with E-state index >= 15 is 0 Å². The van der Waals surface area contributed by atoms with Gasteiger partial charge >= 0.3 is 5.97 Å². The highest BCUT2D eigenvalue weighted by Gasteiger charge is 2.28. The van der Waals surface area contributed by atoms with Gasteiger partial charge in [0.1, 0.15) is 4.88 Å². The van der Waals surface area contributed by atoms with Gasteiger partial charge in [-0.3, -0.25) is 4.79 Å². The second-order valence-electron chi connectivity index (χ2n) is 6.90. The first-order chi connectivity index (χ1) is 13.2. The van der Waals surface area contributed by atoms with Crippen LogP contribution in [0.4, 0.5) is 5.00 Å². The minimum Gasteiger partial charge on any atom is -0.450 e. The maximum Gasteiger partial charge on any atom is 0.349 e. The van der Waals surface area contributed by atoms with Crippen molar-refractivity contribution in [2.75, 3.05) is 31.2 Å². The maximum absolute atomic E-state index is 12.7. The molecule has 6 heteroatoms. The second kappa shape index (κ2) is 8.23. The molecule has 1 aromatic heterocycles. The van der Waals surface area contributed by atoms with Crippen molar-refractivity contribution >= 4 is 28.1 Å². The molecule has 2 aromatic rings. The number of anilines is 1. The van der Waals surface area contributed by atoms with E-state index in [0.717, 1.165) is 42.1 Å². The van der Waals surface area contributed by atoms with Crippen LogP contribution in [0.15, 0.2) is 36.4 Å². The Morgan fingerprint density at radius 3 is 2.67 bits per heavy atom. The van der Waals surface area contributed by atoms with Crippen LogP contribution in [-0.2, 0) is 14.3 Å². The Kier molecular flexibility index (Phi) is 5.55. The van der Waals surface area contributed by atoms with Crippen LogP contribution in [0.1, 0.15) is 35.4 Å². The van der Waals surface area contributed by atoms with Gasteiger partial charge in [-0.05, 0) is 30.9 Å². The van der Waals surface area contributed by atoms with Crippen LogP contribution < -0.4 is 4.90 Å². The number of carbonyl (C=O) groups excluding carboxylic acids is 2. The van der Waals surface area contributed by atoms with E-state index in [4.69, 9.17) is 9.47 Å². The van der Waals surface area contributed by atoms with Crippen molar-refractivity contribution in [1.29, 1.82) is 0 Å². The Morgan fingerprint density at radius 1 is 1.15 bits per heavy atom. The first-order valence-electron chi connectivity index (χ1n) is 9.48. The number of ether oxygens (including phenoxy) is 2. The quantitative estimate of drug-likeness (QED) is 0.747. The van der Waals surface area contributed by atoms with E-state index < -0.39 is 12.1 Å². The standard InChI is InChI=1S/C21H23NO4S/c23-17-8-4-5-9-18(17)26-21(24)19-14-16(15-6-2-1-3-7-15)20(27-19)22-10-12-25-13-11-22/h1-3,6-7,14,18H,4-5,8-13H2/t18-/m1/s1. The van der Waals surface area contributed by atoms with Crippen LogP contribution in [0.2, 0.25) is 0 Å². The monoisotopic (exact) mass is 385 g/mol. The minimum absolute atomic E-state index is 0.0443. The van der Waals surface area contributed by atoms with Gasteiger partial charge in [0.2, 0.25) is 0 Å². The van der Waals surface area contributed by atoms with E-state index in [-0.39, 0.29) is 5.78 Å². The highest BCUT2D eigenvalue weighted by atomic mass is 32.1. The molecule has 142 valence electrons. The molecule has 4 rings (SSSR count). The molecule has 1 saturated carbocycles. The number of esters is 1. The summed E-state index contributed by atoms with van der Waals surface area (Å²) in [7, 11) is 0. The number of thiophene rings is 1. The lowest BCUT2D eigenvalue weighted by atomic mass is 9.96. The molecule has 1 aromatic carbocycles. The molecule has 5 nitrogen and oxygen atoms in total. The van der Waals surface area contributed by atoms with Crippen LogP contribution in [-0.4, -0.2) is 44.2 Å². The summed E-state index contributed by atoms with van der Waals surface area (Å²) in [6.45, 7) is 2.97. The number of morpholine rings is 1. The van der Waals surface area contributed by atoms with Crippen molar-refractivity contribution in [2.24, 2.45) is 0 Å². The first kappa shape index (κ1) is 18.2. The molecule has 2 aliphatic rings. The van der Waals surface area contributed by atoms with Crippen molar-refractivity contribution < 1.29 is 19.1 Å². The summed E-state index contributed by atoms with van der Waals surface area (Å²) in [5, 5.41) is 1.06. The number of nitrogens with zero attached hydrogens (tertiary/aromatic N) is 1. The lowest BCUT2D eigenvalue weighted by Crippen LogP contribution is -2.35. The molecular weight excluding hydrogens is 362 g/mol. The normalized spacial score (nSPS) is 20.5. The largest absolute Gasteiger partial charge is 0.450 e. The number of rotatable bonds is 4. The third-order valence-corrected chi connectivity index (χ3v) is 6.22. The number of hydrogen-bond donors (Lipinski definition) is 0. The molecule has 1 atom stereocenters. The van der Waals surface area contributed by atoms with Gasteiger partial charge < -0.3 is 14.4 Å². The number of ketones is 1. The fraction of sp³-hybridized carbons (Fsp3) is 0.429. The van der Waals surface area contributed by atoms with Crippen LogP contribution in [0.25, 0.3) is 11.1 Å². The summed E-state index contributed by atoms with van der Waals surface area (Å²) in [4.78, 5) is 27.5. The maximum atomic E-state index is 12.7. The molecule has 1 saturated heterocycles. The molecule has 0 spiro atoms. The summed E-state index contributed by atoms with van der Waals surface area (Å²) in [6.07, 6.45) is 2.39. The fourth-order valence-electron chi connectivity index (χ4n) is 3.57. The van der Waals surface area contributed by atoms with Gasteiger partial charge in [0.05, 0.1) is 18.2 Å². The Hall–Kier alpha value is -2.18. The smallest absolute Gasteiger partial charge is 0.349 e. The molecule has 0 amide bonds. The number of Topliss-reactive ketones (excluding diaryl/α,β-unsaturated/α-hetero) is 1. The van der Waals surface area contributed by atoms with E-state index in [1.54, 1.807) is 0 Å². The average molecular weight is 385 g/mol. The third kappa shape index (κ3) is 4.06. The predicted octanol–water partition coefficient (Wildman–Crippen LogP) is 3.92. The zero-order valence-corrected chi connectivity index (χ0v) is 16.0. The first-order valence-corrected chi connectivity index (χ1v) is 10.3. The Morgan fingerprint density at radius 2 is 1.93 bits per heavy atom. The summed E-state index contributed by atoms with van der Waals surface area (Å²) in [5.41, 5.74) is 2.10. The zero-order chi connectivity index (χ0) is 18.6. The summed E-state index contributed by atoms with van der Waals surface area (Å²) < 4.78 is 11.0. The van der Waals surface area contributed by atoms with Gasteiger partial charge in [0.25, 0.3) is 0 Å². The van der Waals surface area contributed by atoms with Crippen molar-refractivity contribution in [3.05, 3.63) is 41.3 Å². The molecule has 1 aliphatic carbocycles. The van der Waals surface area contributed by atoms with Crippen molar-refractivity contribution in [3.8, 4) is 11.1 Å². The van der Waals surface area contributed by atoms with Crippen LogP contribution >= 0.6 is 11.3 Å². The van der Waals surface area contributed by atoms with E-state index in [9.17, 15) is 9.59 Å². The van der Waals surface area contributed by atoms with Crippen LogP contribution in [0.5, 0.6) is 0 Å². The van der Waals surface area contributed by atoms with Crippen molar-refractivity contribution in [1.82, 2.24) is 0 Å². The van der Waals surface area contributed by atoms with E-state index in [0.29, 0.717) is 30.9 Å². The molecule has 0 radical (unpaired) electrons. The van der Waals surface area contributed by atoms with E-state index in [1.807, 2.05) is 36.4 Å². The van der Waals surface area contributed by atoms with Gasteiger partial charge in [0.15, 0.2) is 11.9 Å². The summed E-state index contributed by atoms with van der Waals surface area (Å²) in [5.74, 6) is -0.347. The highest BCUT2D eigenvalue weighted by molar-refractivity contribution is 7.18. The van der Waals surface area contributed by atoms with Gasteiger partial charge in [-0.1, -0.05) is 30.3 Å². The second-order valence-corrected chi connectivity index (χ2v) is 7.93. The molecule has 27 heavy (non-hydrogen) atoms. The van der Waals surface area contributed by atoms with Gasteiger partial charge in [-0.25, -0.2) is 4.79 Å². The van der Waals surface area contributed by atoms with Crippen LogP contribution in [0, 0.1) is 0 Å². The number of carbonyl (C=O) groups is 2. The zero-order valence-electron chi connectivity index (χ0n) is 15.2. The summed E-state index contributed by atoms with van der Waals surface area (Å²) >= 11 is 1.44. The lowest BCUT2D eigenvalue weighted by Gasteiger charge is -2.28. The molecular formula is C21H23NO4S. The summed E-state index contributed by atoms with van der Waals surface area (Å²) in [6, 6.07) is 12.0. The molecule has 0 bridgehead atoms. The SMILES string of the molecule is O=C(O[C@@H]1CCCCC1=O)c1cc(-c2ccccc2)c(N2CCOCC2)s1. The average Bonchev–Trinajstić information content (AvgIpc) is 3.17. The fourth-order valence-corrected chi connectivity index (χ4v) is 4.69. The van der Waals surface area contributed by atoms with Crippen LogP contribution in [0.3, 0.4) is 0 Å². The predicted molar refractivity (Wildman–Crippen MR) is 105 cm³/mol. The van der Waals surface area contributed by atoms with Crippen molar-refractivity contribution in [3.63, 3.8) is 0 Å². The minimum atomic E-state index is -0.583. The Balaban J connectivity index is 1.62. The molecule has 0 unspecified atom stereocenters. The highest BCUT2D eigenvalue weighted by Crippen LogP contribution is 2.40. The molecule has 1 aliphatic heterocycles. The molecule has 2 fully saturated rings. The molecule has 0 N–H and O–H groups in total. The topological polar surface area (TPSA) is 55.8 Å². The van der Waals surface area contributed by atoms with Gasteiger partial charge in [-0.2, -0.15) is 0 Å². The lowest BCUT2D eigenvalue weighted by molar-refractivity contribution is -0.129. The third-order valence-electron chi connectivity index (χ3n) is 5.04. The Bertz CT molecular complexity index is 811.